The zero-order chi connectivity index (χ0) is 16.6. The van der Waals surface area contributed by atoms with Gasteiger partial charge in [-0.25, -0.2) is 0 Å². The Labute approximate surface area is 134 Å². The summed E-state index contributed by atoms with van der Waals surface area (Å²) in [5.41, 5.74) is 0.280. The summed E-state index contributed by atoms with van der Waals surface area (Å²) >= 11 is 0. The molecule has 126 valence electrons. The summed E-state index contributed by atoms with van der Waals surface area (Å²) in [6.45, 7) is 5.23. The van der Waals surface area contributed by atoms with Crippen LogP contribution in [0.2, 0.25) is 0 Å². The normalized spacial score (nSPS) is 22.2. The third-order valence-electron chi connectivity index (χ3n) is 4.78. The second-order valence-electron chi connectivity index (χ2n) is 6.15. The molecule has 0 spiro atoms. The van der Waals surface area contributed by atoms with E-state index in [1.165, 1.54) is 6.07 Å². The molecule has 1 atom stereocenters. The van der Waals surface area contributed by atoms with Crippen molar-refractivity contribution < 1.29 is 18.3 Å². The van der Waals surface area contributed by atoms with Crippen LogP contribution in [0.25, 0.3) is 5.76 Å². The molecule has 0 aromatic heterocycles. The van der Waals surface area contributed by atoms with Crippen molar-refractivity contribution in [2.45, 2.75) is 32.0 Å². The lowest BCUT2D eigenvalue weighted by Crippen LogP contribution is -2.41. The van der Waals surface area contributed by atoms with Crippen LogP contribution in [0.3, 0.4) is 0 Å². The first-order valence-corrected chi connectivity index (χ1v) is 8.00. The van der Waals surface area contributed by atoms with Crippen molar-refractivity contribution in [3.8, 4) is 0 Å². The molecule has 1 fully saturated rings. The maximum absolute atomic E-state index is 13.0. The van der Waals surface area contributed by atoms with Gasteiger partial charge in [0.1, 0.15) is 5.76 Å². The van der Waals surface area contributed by atoms with Gasteiger partial charge in [-0.3, -0.25) is 4.90 Å². The fourth-order valence-electron chi connectivity index (χ4n) is 3.54. The molecule has 0 bridgehead atoms. The summed E-state index contributed by atoms with van der Waals surface area (Å²) < 4.78 is 39.0. The highest BCUT2D eigenvalue weighted by atomic mass is 19.4. The lowest BCUT2D eigenvalue weighted by atomic mass is 10.0. The molecule has 1 aromatic carbocycles. The number of aliphatic hydroxyl groups is 1. The van der Waals surface area contributed by atoms with Gasteiger partial charge in [-0.2, -0.15) is 13.2 Å². The maximum atomic E-state index is 13.0. The number of anilines is 1. The first-order valence-electron chi connectivity index (χ1n) is 8.00. The van der Waals surface area contributed by atoms with E-state index in [4.69, 9.17) is 0 Å². The molecule has 1 N–H and O–H groups in total. The van der Waals surface area contributed by atoms with E-state index >= 15 is 0 Å². The van der Waals surface area contributed by atoms with E-state index in [2.05, 4.69) is 11.8 Å². The molecule has 6 heteroatoms. The minimum Gasteiger partial charge on any atom is -0.508 e. The summed E-state index contributed by atoms with van der Waals surface area (Å²) in [5, 5.41) is 9.97. The molecule has 0 radical (unpaired) electrons. The average molecular weight is 326 g/mol. The summed E-state index contributed by atoms with van der Waals surface area (Å²) in [6.07, 6.45) is -0.516. The molecule has 1 aromatic rings. The molecule has 1 saturated heterocycles. The molecule has 23 heavy (non-hydrogen) atoms. The molecule has 3 nitrogen and oxygen atoms in total. The van der Waals surface area contributed by atoms with Gasteiger partial charge in [-0.1, -0.05) is 6.92 Å². The highest BCUT2D eigenvalue weighted by Gasteiger charge is 2.33. The zero-order valence-electron chi connectivity index (χ0n) is 13.1. The minimum atomic E-state index is -4.37. The number of alkyl halides is 3. The van der Waals surface area contributed by atoms with Crippen molar-refractivity contribution >= 4 is 11.4 Å². The van der Waals surface area contributed by atoms with Gasteiger partial charge in [-0.15, -0.1) is 0 Å². The van der Waals surface area contributed by atoms with Crippen LogP contribution in [0.1, 0.15) is 30.9 Å². The van der Waals surface area contributed by atoms with Crippen LogP contribution in [0.4, 0.5) is 18.9 Å². The molecule has 2 heterocycles. The average Bonchev–Trinajstić information content (AvgIpc) is 2.96. The Kier molecular flexibility index (Phi) is 4.27. The van der Waals surface area contributed by atoms with E-state index in [0.717, 1.165) is 38.1 Å². The molecular formula is C17H21F3N2O. The molecule has 0 aliphatic carbocycles. The summed E-state index contributed by atoms with van der Waals surface area (Å²) in [4.78, 5) is 4.31. The van der Waals surface area contributed by atoms with E-state index in [1.807, 2.05) is 4.90 Å². The van der Waals surface area contributed by atoms with Crippen LogP contribution in [-0.4, -0.2) is 42.2 Å². The van der Waals surface area contributed by atoms with Crippen molar-refractivity contribution in [2.75, 3.05) is 31.1 Å². The Morgan fingerprint density at radius 2 is 2.09 bits per heavy atom. The third kappa shape index (κ3) is 3.17. The predicted molar refractivity (Wildman–Crippen MR) is 84.5 cm³/mol. The Morgan fingerprint density at radius 1 is 1.30 bits per heavy atom. The van der Waals surface area contributed by atoms with E-state index in [-0.39, 0.29) is 5.76 Å². The number of halogens is 3. The van der Waals surface area contributed by atoms with Crippen molar-refractivity contribution in [1.82, 2.24) is 4.90 Å². The van der Waals surface area contributed by atoms with Crippen LogP contribution in [0.15, 0.2) is 24.3 Å². The van der Waals surface area contributed by atoms with Crippen LogP contribution >= 0.6 is 0 Å². The molecule has 2 aliphatic rings. The third-order valence-corrected chi connectivity index (χ3v) is 4.78. The van der Waals surface area contributed by atoms with Gasteiger partial charge < -0.3 is 10.0 Å². The quantitative estimate of drug-likeness (QED) is 0.912. The summed E-state index contributed by atoms with van der Waals surface area (Å²) in [7, 11) is 0. The van der Waals surface area contributed by atoms with Crippen molar-refractivity contribution in [1.29, 1.82) is 0 Å². The van der Waals surface area contributed by atoms with Crippen LogP contribution in [-0.2, 0) is 6.18 Å². The lowest BCUT2D eigenvalue weighted by Gasteiger charge is -2.34. The van der Waals surface area contributed by atoms with E-state index in [0.29, 0.717) is 30.4 Å². The second kappa shape index (κ2) is 6.07. The van der Waals surface area contributed by atoms with Gasteiger partial charge >= 0.3 is 6.18 Å². The van der Waals surface area contributed by atoms with Gasteiger partial charge in [0.25, 0.3) is 0 Å². The number of benzene rings is 1. The standard InChI is InChI=1S/C17H21F3N2O/c1-2-21-8-3-4-13(21)11-22-9-7-16(23)14-6-5-12(10-15(14)22)17(18,19)20/h5-7,10,13,23H,2-4,8-9,11H2,1H3. The number of likely N-dealkylation sites (tertiary alicyclic amines) is 1. The van der Waals surface area contributed by atoms with E-state index in [9.17, 15) is 18.3 Å². The fraction of sp³-hybridized carbons (Fsp3) is 0.529. The highest BCUT2D eigenvalue weighted by Crippen LogP contribution is 2.37. The fourth-order valence-corrected chi connectivity index (χ4v) is 3.54. The number of nitrogens with zero attached hydrogens (tertiary/aromatic N) is 2. The van der Waals surface area contributed by atoms with Gasteiger partial charge in [0, 0.05) is 30.4 Å². The molecule has 3 rings (SSSR count). The summed E-state index contributed by atoms with van der Waals surface area (Å²) in [5.74, 6) is 0.0590. The number of likely N-dealkylation sites (N-methyl/N-ethyl adjacent to an activating group) is 1. The first-order chi connectivity index (χ1) is 10.9. The van der Waals surface area contributed by atoms with Crippen LogP contribution < -0.4 is 4.90 Å². The van der Waals surface area contributed by atoms with Gasteiger partial charge in [-0.05, 0) is 50.2 Å². The van der Waals surface area contributed by atoms with Crippen LogP contribution in [0, 0.1) is 0 Å². The Hall–Kier alpha value is -1.69. The number of hydrogen-bond donors (Lipinski definition) is 1. The number of rotatable bonds is 3. The number of hydrogen-bond acceptors (Lipinski definition) is 3. The monoisotopic (exact) mass is 326 g/mol. The smallest absolute Gasteiger partial charge is 0.416 e. The maximum Gasteiger partial charge on any atom is 0.416 e. The SMILES string of the molecule is CCN1CCCC1CN1CC=C(O)c2ccc(C(F)(F)F)cc21. The molecular weight excluding hydrogens is 305 g/mol. The van der Waals surface area contributed by atoms with Crippen LogP contribution in [0.5, 0.6) is 0 Å². The number of aliphatic hydroxyl groups excluding tert-OH is 1. The van der Waals surface area contributed by atoms with Crippen molar-refractivity contribution in [3.05, 3.63) is 35.4 Å². The number of fused-ring (bicyclic) bond motifs is 1. The highest BCUT2D eigenvalue weighted by molar-refractivity contribution is 5.76. The van der Waals surface area contributed by atoms with Crippen molar-refractivity contribution in [3.63, 3.8) is 0 Å². The molecule has 0 saturated carbocycles. The van der Waals surface area contributed by atoms with Crippen molar-refractivity contribution in [2.24, 2.45) is 0 Å². The Morgan fingerprint density at radius 3 is 2.78 bits per heavy atom. The van der Waals surface area contributed by atoms with E-state index in [1.54, 1.807) is 6.08 Å². The minimum absolute atomic E-state index is 0.0590. The Bertz CT molecular complexity index is 612. The topological polar surface area (TPSA) is 26.7 Å². The second-order valence-corrected chi connectivity index (χ2v) is 6.15. The largest absolute Gasteiger partial charge is 0.508 e. The van der Waals surface area contributed by atoms with Gasteiger partial charge in [0.15, 0.2) is 0 Å². The summed E-state index contributed by atoms with van der Waals surface area (Å²) in [6, 6.07) is 3.91. The molecule has 1 unspecified atom stereocenters. The molecule has 0 amide bonds. The predicted octanol–water partition coefficient (Wildman–Crippen LogP) is 3.91. The van der Waals surface area contributed by atoms with Gasteiger partial charge in [0.2, 0.25) is 0 Å². The zero-order valence-corrected chi connectivity index (χ0v) is 13.1. The van der Waals surface area contributed by atoms with Gasteiger partial charge in [0.05, 0.1) is 5.56 Å². The Balaban J connectivity index is 1.90. The first kappa shape index (κ1) is 16.2. The lowest BCUT2D eigenvalue weighted by molar-refractivity contribution is -0.137. The van der Waals surface area contributed by atoms with E-state index < -0.39 is 11.7 Å². The molecule has 2 aliphatic heterocycles.